The maximum absolute atomic E-state index is 12.5. The number of aryl methyl sites for hydroxylation is 1. The summed E-state index contributed by atoms with van der Waals surface area (Å²) >= 11 is 0. The molecule has 0 aliphatic carbocycles. The van der Waals surface area contributed by atoms with Gasteiger partial charge in [0.1, 0.15) is 5.82 Å². The minimum Gasteiger partial charge on any atom is -0.449 e. The Bertz CT molecular complexity index is 1020. The van der Waals surface area contributed by atoms with Crippen LogP contribution in [0.2, 0.25) is 0 Å². The molecule has 1 unspecified atom stereocenters. The first-order valence-electron chi connectivity index (χ1n) is 9.23. The van der Waals surface area contributed by atoms with Crippen LogP contribution in [0.15, 0.2) is 48.5 Å². The molecular formula is C22H25N3O3. The zero-order valence-electron chi connectivity index (χ0n) is 16.8. The van der Waals surface area contributed by atoms with E-state index in [1.54, 1.807) is 19.1 Å². The van der Waals surface area contributed by atoms with Gasteiger partial charge >= 0.3 is 5.97 Å². The van der Waals surface area contributed by atoms with Crippen LogP contribution in [0, 0.1) is 6.92 Å². The summed E-state index contributed by atoms with van der Waals surface area (Å²) in [5.74, 6) is -0.0545. The molecule has 1 atom stereocenters. The van der Waals surface area contributed by atoms with Crippen molar-refractivity contribution in [3.05, 3.63) is 59.9 Å². The van der Waals surface area contributed by atoms with Gasteiger partial charge in [-0.15, -0.1) is 0 Å². The fourth-order valence-electron chi connectivity index (χ4n) is 2.98. The number of carbonyl (C=O) groups excluding carboxylic acids is 2. The molecule has 0 bridgehead atoms. The monoisotopic (exact) mass is 379 g/mol. The standard InChI is InChI=1S/C22H25N3O3/c1-14(20(26)24-22(3,4)5)28-21(27)16-11-12-19-18(13-16)23-15(2)25(19)17-9-7-6-8-10-17/h6-14H,1-5H3,(H,24,26). The normalized spacial score (nSPS) is 12.6. The third-order valence-corrected chi connectivity index (χ3v) is 4.22. The number of esters is 1. The number of imidazole rings is 1. The van der Waals surface area contributed by atoms with E-state index < -0.39 is 17.6 Å². The Labute approximate surface area is 164 Å². The van der Waals surface area contributed by atoms with Gasteiger partial charge in [-0.1, -0.05) is 18.2 Å². The Balaban J connectivity index is 1.83. The topological polar surface area (TPSA) is 73.2 Å². The van der Waals surface area contributed by atoms with Crippen LogP contribution in [0.1, 0.15) is 43.9 Å². The van der Waals surface area contributed by atoms with Crippen LogP contribution in [0.25, 0.3) is 16.7 Å². The molecular weight excluding hydrogens is 354 g/mol. The summed E-state index contributed by atoms with van der Waals surface area (Å²) < 4.78 is 7.36. The van der Waals surface area contributed by atoms with Gasteiger partial charge in [-0.3, -0.25) is 9.36 Å². The number of fused-ring (bicyclic) bond motifs is 1. The number of hydrogen-bond donors (Lipinski definition) is 1. The van der Waals surface area contributed by atoms with Crippen molar-refractivity contribution in [2.75, 3.05) is 0 Å². The lowest BCUT2D eigenvalue weighted by Crippen LogP contribution is -2.46. The van der Waals surface area contributed by atoms with E-state index >= 15 is 0 Å². The van der Waals surface area contributed by atoms with Gasteiger partial charge in [-0.2, -0.15) is 0 Å². The van der Waals surface area contributed by atoms with Crippen LogP contribution >= 0.6 is 0 Å². The van der Waals surface area contributed by atoms with Crippen molar-refractivity contribution in [1.29, 1.82) is 0 Å². The molecule has 1 N–H and O–H groups in total. The van der Waals surface area contributed by atoms with E-state index in [9.17, 15) is 9.59 Å². The van der Waals surface area contributed by atoms with Crippen molar-refractivity contribution in [3.63, 3.8) is 0 Å². The van der Waals surface area contributed by atoms with Crippen LogP contribution in [-0.2, 0) is 9.53 Å². The largest absolute Gasteiger partial charge is 0.449 e. The van der Waals surface area contributed by atoms with Gasteiger partial charge in [0.25, 0.3) is 5.91 Å². The molecule has 146 valence electrons. The highest BCUT2D eigenvalue weighted by Gasteiger charge is 2.23. The highest BCUT2D eigenvalue weighted by Crippen LogP contribution is 2.22. The molecule has 0 aliphatic heterocycles. The first-order chi connectivity index (χ1) is 13.2. The average molecular weight is 379 g/mol. The first kappa shape index (κ1) is 19.6. The van der Waals surface area contributed by atoms with E-state index in [-0.39, 0.29) is 5.91 Å². The van der Waals surface area contributed by atoms with E-state index in [1.165, 1.54) is 0 Å². The second-order valence-electron chi connectivity index (χ2n) is 7.82. The van der Waals surface area contributed by atoms with Gasteiger partial charge < -0.3 is 10.1 Å². The van der Waals surface area contributed by atoms with Gasteiger partial charge in [0.2, 0.25) is 0 Å². The SMILES string of the molecule is Cc1nc2cc(C(=O)OC(C)C(=O)NC(C)(C)C)ccc2n1-c1ccccc1. The molecule has 0 aliphatic rings. The maximum atomic E-state index is 12.5. The summed E-state index contributed by atoms with van der Waals surface area (Å²) in [7, 11) is 0. The summed E-state index contributed by atoms with van der Waals surface area (Å²) in [5, 5.41) is 2.80. The molecule has 0 radical (unpaired) electrons. The number of ether oxygens (including phenoxy) is 1. The number of para-hydroxylation sites is 1. The molecule has 3 rings (SSSR count). The maximum Gasteiger partial charge on any atom is 0.338 e. The van der Waals surface area contributed by atoms with Crippen LogP contribution < -0.4 is 5.32 Å². The van der Waals surface area contributed by atoms with Gasteiger partial charge in [0.15, 0.2) is 6.10 Å². The predicted molar refractivity (Wildman–Crippen MR) is 109 cm³/mol. The van der Waals surface area contributed by atoms with E-state index in [0.29, 0.717) is 11.1 Å². The Morgan fingerprint density at radius 3 is 2.43 bits per heavy atom. The number of nitrogens with zero attached hydrogens (tertiary/aromatic N) is 2. The van der Waals surface area contributed by atoms with Gasteiger partial charge in [-0.05, 0) is 65.0 Å². The number of rotatable bonds is 4. The number of nitrogens with one attached hydrogen (secondary N) is 1. The number of amides is 1. The highest BCUT2D eigenvalue weighted by molar-refractivity contribution is 5.95. The van der Waals surface area contributed by atoms with E-state index in [1.807, 2.05) is 68.7 Å². The summed E-state index contributed by atoms with van der Waals surface area (Å²) in [4.78, 5) is 29.2. The minimum absolute atomic E-state index is 0.328. The Morgan fingerprint density at radius 1 is 1.11 bits per heavy atom. The molecule has 28 heavy (non-hydrogen) atoms. The van der Waals surface area contributed by atoms with Crippen molar-refractivity contribution in [2.45, 2.75) is 46.3 Å². The Hall–Kier alpha value is -3.15. The molecule has 1 amide bonds. The van der Waals surface area contributed by atoms with Crippen molar-refractivity contribution in [1.82, 2.24) is 14.9 Å². The van der Waals surface area contributed by atoms with Crippen LogP contribution in [0.4, 0.5) is 0 Å². The van der Waals surface area contributed by atoms with E-state index in [0.717, 1.165) is 17.0 Å². The zero-order chi connectivity index (χ0) is 20.5. The molecule has 6 nitrogen and oxygen atoms in total. The minimum atomic E-state index is -0.883. The lowest BCUT2D eigenvalue weighted by atomic mass is 10.1. The highest BCUT2D eigenvalue weighted by atomic mass is 16.5. The van der Waals surface area contributed by atoms with Crippen LogP contribution in [0.3, 0.4) is 0 Å². The molecule has 6 heteroatoms. The molecule has 0 fully saturated rings. The Morgan fingerprint density at radius 2 is 1.79 bits per heavy atom. The third-order valence-electron chi connectivity index (χ3n) is 4.22. The van der Waals surface area contributed by atoms with Crippen molar-refractivity contribution in [2.24, 2.45) is 0 Å². The van der Waals surface area contributed by atoms with Crippen molar-refractivity contribution in [3.8, 4) is 5.69 Å². The summed E-state index contributed by atoms with van der Waals surface area (Å²) in [6, 6.07) is 15.1. The smallest absolute Gasteiger partial charge is 0.338 e. The molecule has 1 aromatic heterocycles. The summed E-state index contributed by atoms with van der Waals surface area (Å²) in [6.07, 6.45) is -0.883. The molecule has 2 aromatic carbocycles. The predicted octanol–water partition coefficient (Wildman–Crippen LogP) is 3.79. The Kier molecular flexibility index (Phi) is 5.23. The van der Waals surface area contributed by atoms with E-state index in [4.69, 9.17) is 4.74 Å². The molecule has 0 saturated heterocycles. The lowest BCUT2D eigenvalue weighted by molar-refractivity contribution is -0.130. The molecule has 0 spiro atoms. The van der Waals surface area contributed by atoms with Gasteiger partial charge in [-0.25, -0.2) is 9.78 Å². The quantitative estimate of drug-likeness (QED) is 0.700. The number of hydrogen-bond acceptors (Lipinski definition) is 4. The zero-order valence-corrected chi connectivity index (χ0v) is 16.8. The number of aromatic nitrogens is 2. The fourth-order valence-corrected chi connectivity index (χ4v) is 2.98. The fraction of sp³-hybridized carbons (Fsp3) is 0.318. The molecule has 1 heterocycles. The van der Waals surface area contributed by atoms with Crippen molar-refractivity contribution >= 4 is 22.9 Å². The average Bonchev–Trinajstić information content (AvgIpc) is 2.95. The second-order valence-corrected chi connectivity index (χ2v) is 7.82. The second kappa shape index (κ2) is 7.46. The van der Waals surface area contributed by atoms with Crippen LogP contribution in [0.5, 0.6) is 0 Å². The van der Waals surface area contributed by atoms with Crippen LogP contribution in [-0.4, -0.2) is 33.1 Å². The summed E-state index contributed by atoms with van der Waals surface area (Å²) in [6.45, 7) is 9.10. The van der Waals surface area contributed by atoms with Crippen molar-refractivity contribution < 1.29 is 14.3 Å². The molecule has 0 saturated carbocycles. The van der Waals surface area contributed by atoms with Gasteiger partial charge in [0, 0.05) is 11.2 Å². The number of carbonyl (C=O) groups is 2. The molecule has 3 aromatic rings. The third kappa shape index (κ3) is 4.22. The first-order valence-corrected chi connectivity index (χ1v) is 9.23. The summed E-state index contributed by atoms with van der Waals surface area (Å²) in [5.41, 5.74) is 2.57. The van der Waals surface area contributed by atoms with E-state index in [2.05, 4.69) is 10.3 Å². The number of benzene rings is 2. The van der Waals surface area contributed by atoms with Gasteiger partial charge in [0.05, 0.1) is 16.6 Å². The lowest BCUT2D eigenvalue weighted by Gasteiger charge is -2.23.